The maximum absolute atomic E-state index is 10.9. The molecule has 1 nitrogen and oxygen atoms in total. The van der Waals surface area contributed by atoms with Crippen LogP contribution in [0.5, 0.6) is 0 Å². The van der Waals surface area contributed by atoms with Gasteiger partial charge in [0.1, 0.15) is 5.78 Å². The summed E-state index contributed by atoms with van der Waals surface area (Å²) in [5, 5.41) is 0. The fourth-order valence-corrected chi connectivity index (χ4v) is 2.85. The number of hydrogen-bond donors (Lipinski definition) is 0. The molecule has 52 valence electrons. The molecule has 0 aromatic rings. The summed E-state index contributed by atoms with van der Waals surface area (Å²) >= 11 is 10.1. The second kappa shape index (κ2) is 3.01. The Labute approximate surface area is 79.0 Å². The standard InChI is InChI=1S/C5H5Br3O/c6-2-1-3(9)5(8)4(2)7/h2,4-5H,1H2. The molecule has 0 heterocycles. The molecule has 0 aliphatic heterocycles. The van der Waals surface area contributed by atoms with Gasteiger partial charge in [-0.15, -0.1) is 0 Å². The van der Waals surface area contributed by atoms with Gasteiger partial charge in [0.2, 0.25) is 0 Å². The molecule has 0 spiro atoms. The predicted octanol–water partition coefficient (Wildman–Crippen LogP) is 2.25. The number of hydrogen-bond acceptors (Lipinski definition) is 1. The van der Waals surface area contributed by atoms with Gasteiger partial charge in [-0.1, -0.05) is 47.8 Å². The molecule has 0 bridgehead atoms. The Morgan fingerprint density at radius 3 is 2.00 bits per heavy atom. The minimum atomic E-state index is 0.00174. The van der Waals surface area contributed by atoms with Crippen molar-refractivity contribution in [3.05, 3.63) is 0 Å². The van der Waals surface area contributed by atoms with Crippen LogP contribution in [0.25, 0.3) is 0 Å². The van der Waals surface area contributed by atoms with Gasteiger partial charge in [0.15, 0.2) is 0 Å². The van der Waals surface area contributed by atoms with Crippen molar-refractivity contribution in [2.45, 2.75) is 20.9 Å². The van der Waals surface area contributed by atoms with E-state index in [1.165, 1.54) is 0 Å². The summed E-state index contributed by atoms with van der Waals surface area (Å²) in [7, 11) is 0. The van der Waals surface area contributed by atoms with Gasteiger partial charge in [0, 0.05) is 16.1 Å². The van der Waals surface area contributed by atoms with Crippen LogP contribution in [0.3, 0.4) is 0 Å². The van der Waals surface area contributed by atoms with Crippen LogP contribution < -0.4 is 0 Å². The second-order valence-corrected chi connectivity index (χ2v) is 5.25. The van der Waals surface area contributed by atoms with Crippen molar-refractivity contribution in [1.82, 2.24) is 0 Å². The highest BCUT2D eigenvalue weighted by Crippen LogP contribution is 2.33. The highest BCUT2D eigenvalue weighted by atomic mass is 79.9. The number of carbonyl (C=O) groups excluding carboxylic acids is 1. The average Bonchev–Trinajstić information content (AvgIpc) is 1.98. The monoisotopic (exact) mass is 318 g/mol. The van der Waals surface area contributed by atoms with Gasteiger partial charge in [-0.25, -0.2) is 0 Å². The van der Waals surface area contributed by atoms with E-state index in [-0.39, 0.29) is 15.4 Å². The molecule has 0 amide bonds. The average molecular weight is 321 g/mol. The van der Waals surface area contributed by atoms with Gasteiger partial charge < -0.3 is 0 Å². The summed E-state index contributed by atoms with van der Waals surface area (Å²) in [4.78, 5) is 11.4. The zero-order chi connectivity index (χ0) is 7.02. The number of ketones is 1. The van der Waals surface area contributed by atoms with Crippen LogP contribution in [-0.2, 0) is 4.79 Å². The number of rotatable bonds is 0. The van der Waals surface area contributed by atoms with E-state index in [0.717, 1.165) is 0 Å². The molecular weight excluding hydrogens is 316 g/mol. The second-order valence-electron chi connectivity index (χ2n) is 2.03. The molecule has 1 rings (SSSR count). The van der Waals surface area contributed by atoms with E-state index in [0.29, 0.717) is 11.2 Å². The summed E-state index contributed by atoms with van der Waals surface area (Å²) in [5.41, 5.74) is 0. The highest BCUT2D eigenvalue weighted by molar-refractivity contribution is 9.14. The summed E-state index contributed by atoms with van der Waals surface area (Å²) in [6, 6.07) is 0. The van der Waals surface area contributed by atoms with Crippen LogP contribution in [0.1, 0.15) is 6.42 Å². The normalized spacial score (nSPS) is 43.9. The van der Waals surface area contributed by atoms with Crippen molar-refractivity contribution in [2.75, 3.05) is 0 Å². The van der Waals surface area contributed by atoms with Crippen LogP contribution in [0, 0.1) is 0 Å². The molecule has 3 unspecified atom stereocenters. The van der Waals surface area contributed by atoms with Crippen LogP contribution in [-0.4, -0.2) is 20.3 Å². The zero-order valence-electron chi connectivity index (χ0n) is 4.48. The van der Waals surface area contributed by atoms with Gasteiger partial charge in [-0.05, 0) is 0 Å². The lowest BCUT2D eigenvalue weighted by Gasteiger charge is -2.05. The van der Waals surface area contributed by atoms with Crippen molar-refractivity contribution < 1.29 is 4.79 Å². The lowest BCUT2D eigenvalue weighted by Crippen LogP contribution is -2.15. The van der Waals surface area contributed by atoms with E-state index in [2.05, 4.69) is 47.8 Å². The van der Waals surface area contributed by atoms with Gasteiger partial charge >= 0.3 is 0 Å². The third kappa shape index (κ3) is 1.57. The Kier molecular flexibility index (Phi) is 2.75. The first kappa shape index (κ1) is 8.21. The Hall–Kier alpha value is 1.11. The largest absolute Gasteiger partial charge is 0.298 e. The molecule has 9 heavy (non-hydrogen) atoms. The van der Waals surface area contributed by atoms with Crippen LogP contribution in [0.15, 0.2) is 0 Å². The molecule has 0 saturated heterocycles. The van der Waals surface area contributed by atoms with Gasteiger partial charge in [-0.2, -0.15) is 0 Å². The SMILES string of the molecule is O=C1CC(Br)C(Br)C1Br. The van der Waals surface area contributed by atoms with Crippen molar-refractivity contribution >= 4 is 53.6 Å². The molecule has 0 radical (unpaired) electrons. The number of halogens is 3. The summed E-state index contributed by atoms with van der Waals surface area (Å²) in [6.07, 6.45) is 0.631. The Morgan fingerprint density at radius 1 is 1.33 bits per heavy atom. The minimum Gasteiger partial charge on any atom is -0.298 e. The first-order valence-electron chi connectivity index (χ1n) is 2.58. The fourth-order valence-electron chi connectivity index (χ4n) is 0.778. The highest BCUT2D eigenvalue weighted by Gasteiger charge is 2.37. The molecule has 1 aliphatic rings. The Morgan fingerprint density at radius 2 is 1.89 bits per heavy atom. The molecule has 0 N–H and O–H groups in total. The first-order valence-corrected chi connectivity index (χ1v) is 5.32. The van der Waals surface area contributed by atoms with E-state index < -0.39 is 0 Å². The molecule has 0 aromatic heterocycles. The summed E-state index contributed by atoms with van der Waals surface area (Å²) in [5.74, 6) is 0.277. The quantitative estimate of drug-likeness (QED) is 0.626. The number of carbonyl (C=O) groups is 1. The zero-order valence-corrected chi connectivity index (χ0v) is 9.24. The summed E-state index contributed by atoms with van der Waals surface area (Å²) in [6.45, 7) is 0. The lowest BCUT2D eigenvalue weighted by molar-refractivity contribution is -0.116. The van der Waals surface area contributed by atoms with Gasteiger partial charge in [0.05, 0.1) is 4.83 Å². The lowest BCUT2D eigenvalue weighted by atomic mass is 10.4. The maximum atomic E-state index is 10.9. The topological polar surface area (TPSA) is 17.1 Å². The van der Waals surface area contributed by atoms with Crippen molar-refractivity contribution in [2.24, 2.45) is 0 Å². The van der Waals surface area contributed by atoms with Crippen molar-refractivity contribution in [3.8, 4) is 0 Å². The third-order valence-corrected chi connectivity index (χ3v) is 5.89. The Balaban J connectivity index is 2.65. The molecule has 3 atom stereocenters. The Bertz CT molecular complexity index is 136. The molecule has 1 aliphatic carbocycles. The molecule has 1 fully saturated rings. The molecule has 0 aromatic carbocycles. The van der Waals surface area contributed by atoms with Crippen molar-refractivity contribution in [1.29, 1.82) is 0 Å². The third-order valence-electron chi connectivity index (χ3n) is 1.33. The van der Waals surface area contributed by atoms with E-state index in [1.54, 1.807) is 0 Å². The summed E-state index contributed by atoms with van der Waals surface area (Å²) < 4.78 is 0. The van der Waals surface area contributed by atoms with Crippen molar-refractivity contribution in [3.63, 3.8) is 0 Å². The van der Waals surface area contributed by atoms with E-state index in [4.69, 9.17) is 0 Å². The fraction of sp³-hybridized carbons (Fsp3) is 0.800. The number of alkyl halides is 3. The van der Waals surface area contributed by atoms with E-state index >= 15 is 0 Å². The van der Waals surface area contributed by atoms with Gasteiger partial charge in [0.25, 0.3) is 0 Å². The predicted molar refractivity (Wildman–Crippen MR) is 47.8 cm³/mol. The minimum absolute atomic E-state index is 0.00174. The maximum Gasteiger partial charge on any atom is 0.148 e. The smallest absolute Gasteiger partial charge is 0.148 e. The van der Waals surface area contributed by atoms with Gasteiger partial charge in [-0.3, -0.25) is 4.79 Å². The molecular formula is C5H5Br3O. The van der Waals surface area contributed by atoms with Crippen LogP contribution in [0.4, 0.5) is 0 Å². The molecule has 1 saturated carbocycles. The van der Waals surface area contributed by atoms with E-state index in [1.807, 2.05) is 0 Å². The van der Waals surface area contributed by atoms with Crippen LogP contribution in [0.2, 0.25) is 0 Å². The van der Waals surface area contributed by atoms with E-state index in [9.17, 15) is 4.79 Å². The first-order chi connectivity index (χ1) is 4.13. The number of Topliss-reactive ketones (excluding diaryl/α,β-unsaturated/α-hetero) is 1. The molecule has 4 heteroatoms. The van der Waals surface area contributed by atoms with Crippen LogP contribution >= 0.6 is 47.8 Å².